The molecule has 1 unspecified atom stereocenters. The van der Waals surface area contributed by atoms with Gasteiger partial charge in [0.25, 0.3) is 5.91 Å². The number of piperazine rings is 1. The Morgan fingerprint density at radius 2 is 1.94 bits per heavy atom. The van der Waals surface area contributed by atoms with Crippen molar-refractivity contribution >= 4 is 17.7 Å². The van der Waals surface area contributed by atoms with Gasteiger partial charge in [-0.1, -0.05) is 0 Å². The molecule has 1 atom stereocenters. The van der Waals surface area contributed by atoms with E-state index in [1.54, 1.807) is 17.0 Å². The third-order valence-corrected chi connectivity index (χ3v) is 5.64. The molecule has 1 N–H and O–H groups in total. The number of aromatic nitrogens is 1. The maximum absolute atomic E-state index is 14.4. The van der Waals surface area contributed by atoms with Crippen LogP contribution in [0.2, 0.25) is 0 Å². The molecule has 1 saturated heterocycles. The summed E-state index contributed by atoms with van der Waals surface area (Å²) >= 11 is 0. The number of pyridine rings is 1. The van der Waals surface area contributed by atoms with E-state index in [1.807, 2.05) is 41.5 Å². The highest BCUT2D eigenvalue weighted by molar-refractivity contribution is 6.04. The maximum Gasteiger partial charge on any atom is 0.410 e. The van der Waals surface area contributed by atoms with Gasteiger partial charge in [0, 0.05) is 49.8 Å². The van der Waals surface area contributed by atoms with E-state index in [0.717, 1.165) is 16.8 Å². The smallest absolute Gasteiger partial charge is 0.410 e. The number of aryl methyl sites for hydroxylation is 1. The fraction of sp³-hybridized carbons (Fsp3) is 0.480. The van der Waals surface area contributed by atoms with Crippen molar-refractivity contribution in [3.63, 3.8) is 0 Å². The molecule has 2 heterocycles. The molecule has 178 valence electrons. The molecule has 1 aliphatic rings. The molecular formula is C25H33FN4O3. The fourth-order valence-corrected chi connectivity index (χ4v) is 3.84. The molecule has 0 saturated carbocycles. The molecule has 0 radical (unpaired) electrons. The molecule has 33 heavy (non-hydrogen) atoms. The number of halogens is 1. The van der Waals surface area contributed by atoms with Gasteiger partial charge in [0.2, 0.25) is 0 Å². The molecule has 2 amide bonds. The molecule has 8 heteroatoms. The highest BCUT2D eigenvalue weighted by Crippen LogP contribution is 2.25. The van der Waals surface area contributed by atoms with Gasteiger partial charge in [-0.2, -0.15) is 0 Å². The van der Waals surface area contributed by atoms with Gasteiger partial charge >= 0.3 is 6.09 Å². The van der Waals surface area contributed by atoms with Gasteiger partial charge in [-0.25, -0.2) is 9.18 Å². The van der Waals surface area contributed by atoms with Crippen LogP contribution in [0.15, 0.2) is 30.5 Å². The Balaban J connectivity index is 1.68. The third kappa shape index (κ3) is 6.51. The summed E-state index contributed by atoms with van der Waals surface area (Å²) in [6.45, 7) is 13.6. The minimum Gasteiger partial charge on any atom is -0.444 e. The van der Waals surface area contributed by atoms with Crippen LogP contribution in [-0.2, 0) is 11.3 Å². The second-order valence-corrected chi connectivity index (χ2v) is 9.64. The average Bonchev–Trinajstić information content (AvgIpc) is 2.70. The second kappa shape index (κ2) is 9.87. The first-order valence-corrected chi connectivity index (χ1v) is 11.2. The van der Waals surface area contributed by atoms with Crippen molar-refractivity contribution in [3.8, 4) is 0 Å². The van der Waals surface area contributed by atoms with Crippen LogP contribution in [0.4, 0.5) is 14.9 Å². The molecule has 3 rings (SSSR count). The Morgan fingerprint density at radius 3 is 2.55 bits per heavy atom. The maximum atomic E-state index is 14.4. The second-order valence-electron chi connectivity index (χ2n) is 9.64. The number of hydrogen-bond acceptors (Lipinski definition) is 5. The van der Waals surface area contributed by atoms with E-state index in [2.05, 4.69) is 15.2 Å². The van der Waals surface area contributed by atoms with Crippen LogP contribution in [0.3, 0.4) is 0 Å². The standard InChI is InChI=1S/C25H33FN4O3/c1-16-7-8-19(13-27-16)23(31)28-22-12-21(26)11-20(18(22)3)15-29-9-10-30(17(2)14-29)24(32)33-25(4,5)6/h7-8,11-13,17H,9-10,14-15H2,1-6H3,(H,28,31). The first-order chi connectivity index (χ1) is 15.4. The number of carbonyl (C=O) groups is 2. The summed E-state index contributed by atoms with van der Waals surface area (Å²) in [6.07, 6.45) is 1.19. The first-order valence-electron chi connectivity index (χ1n) is 11.2. The van der Waals surface area contributed by atoms with E-state index in [-0.39, 0.29) is 18.0 Å². The zero-order chi connectivity index (χ0) is 24.3. The number of amides is 2. The zero-order valence-corrected chi connectivity index (χ0v) is 20.2. The average molecular weight is 457 g/mol. The van der Waals surface area contributed by atoms with Crippen molar-refractivity contribution in [3.05, 3.63) is 58.7 Å². The fourth-order valence-electron chi connectivity index (χ4n) is 3.84. The summed E-state index contributed by atoms with van der Waals surface area (Å²) in [6, 6.07) is 6.26. The van der Waals surface area contributed by atoms with Crippen molar-refractivity contribution in [2.45, 2.75) is 59.7 Å². The van der Waals surface area contributed by atoms with Crippen LogP contribution in [0, 0.1) is 19.7 Å². The highest BCUT2D eigenvalue weighted by Gasteiger charge is 2.31. The molecule has 0 spiro atoms. The molecule has 2 aromatic rings. The molecule has 1 aromatic carbocycles. The van der Waals surface area contributed by atoms with Crippen molar-refractivity contribution in [2.75, 3.05) is 25.0 Å². The molecule has 1 aliphatic heterocycles. The molecule has 0 bridgehead atoms. The van der Waals surface area contributed by atoms with Crippen LogP contribution in [-0.4, -0.2) is 58.1 Å². The molecular weight excluding hydrogens is 423 g/mol. The van der Waals surface area contributed by atoms with E-state index in [4.69, 9.17) is 4.74 Å². The van der Waals surface area contributed by atoms with Crippen LogP contribution in [0.5, 0.6) is 0 Å². The number of hydrogen-bond donors (Lipinski definition) is 1. The summed E-state index contributed by atoms with van der Waals surface area (Å²) in [5, 5.41) is 2.81. The number of ether oxygens (including phenoxy) is 1. The molecule has 1 aromatic heterocycles. The first kappa shape index (κ1) is 24.6. The number of rotatable bonds is 4. The Bertz CT molecular complexity index is 1020. The van der Waals surface area contributed by atoms with E-state index in [1.165, 1.54) is 18.3 Å². The zero-order valence-electron chi connectivity index (χ0n) is 20.2. The van der Waals surface area contributed by atoms with Gasteiger partial charge in [-0.15, -0.1) is 0 Å². The lowest BCUT2D eigenvalue weighted by Gasteiger charge is -2.40. The van der Waals surface area contributed by atoms with Crippen molar-refractivity contribution in [2.24, 2.45) is 0 Å². The van der Waals surface area contributed by atoms with Gasteiger partial charge in [-0.05, 0) is 76.9 Å². The highest BCUT2D eigenvalue weighted by atomic mass is 19.1. The lowest BCUT2D eigenvalue weighted by Crippen LogP contribution is -2.54. The molecule has 0 aliphatic carbocycles. The predicted molar refractivity (Wildman–Crippen MR) is 126 cm³/mol. The van der Waals surface area contributed by atoms with Crippen LogP contribution < -0.4 is 5.32 Å². The van der Waals surface area contributed by atoms with Crippen molar-refractivity contribution in [1.29, 1.82) is 0 Å². The summed E-state index contributed by atoms with van der Waals surface area (Å²) in [5.41, 5.74) is 2.74. The minimum atomic E-state index is -0.540. The summed E-state index contributed by atoms with van der Waals surface area (Å²) in [5.74, 6) is -0.741. The topological polar surface area (TPSA) is 74.8 Å². The van der Waals surface area contributed by atoms with Gasteiger partial charge < -0.3 is 15.0 Å². The van der Waals surface area contributed by atoms with Crippen LogP contribution >= 0.6 is 0 Å². The Labute approximate surface area is 194 Å². The Morgan fingerprint density at radius 1 is 1.21 bits per heavy atom. The predicted octanol–water partition coefficient (Wildman–Crippen LogP) is 4.53. The van der Waals surface area contributed by atoms with Crippen LogP contribution in [0.1, 0.15) is 54.9 Å². The Hall–Kier alpha value is -3.00. The van der Waals surface area contributed by atoms with Gasteiger partial charge in [0.15, 0.2) is 0 Å². The summed E-state index contributed by atoms with van der Waals surface area (Å²) in [7, 11) is 0. The van der Waals surface area contributed by atoms with Crippen molar-refractivity contribution < 1.29 is 18.7 Å². The van der Waals surface area contributed by atoms with Gasteiger partial charge in [-0.3, -0.25) is 14.7 Å². The lowest BCUT2D eigenvalue weighted by atomic mass is 10.0. The van der Waals surface area contributed by atoms with E-state index < -0.39 is 11.4 Å². The quantitative estimate of drug-likeness (QED) is 0.732. The van der Waals surface area contributed by atoms with E-state index in [0.29, 0.717) is 37.4 Å². The largest absolute Gasteiger partial charge is 0.444 e. The number of anilines is 1. The van der Waals surface area contributed by atoms with Gasteiger partial charge in [0.1, 0.15) is 11.4 Å². The van der Waals surface area contributed by atoms with Crippen molar-refractivity contribution in [1.82, 2.24) is 14.8 Å². The molecule has 7 nitrogen and oxygen atoms in total. The lowest BCUT2D eigenvalue weighted by molar-refractivity contribution is 0.000531. The number of nitrogens with one attached hydrogen (secondary N) is 1. The normalized spacial score (nSPS) is 17.1. The minimum absolute atomic E-state index is 0.0318. The number of nitrogens with zero attached hydrogens (tertiary/aromatic N) is 3. The number of benzene rings is 1. The number of carbonyl (C=O) groups excluding carboxylic acids is 2. The van der Waals surface area contributed by atoms with E-state index in [9.17, 15) is 14.0 Å². The monoisotopic (exact) mass is 456 g/mol. The van der Waals surface area contributed by atoms with Gasteiger partial charge in [0.05, 0.1) is 5.56 Å². The third-order valence-electron chi connectivity index (χ3n) is 5.64. The summed E-state index contributed by atoms with van der Waals surface area (Å²) in [4.78, 5) is 33.1. The molecule has 1 fully saturated rings. The van der Waals surface area contributed by atoms with Crippen LogP contribution in [0.25, 0.3) is 0 Å². The Kier molecular flexibility index (Phi) is 7.37. The summed E-state index contributed by atoms with van der Waals surface area (Å²) < 4.78 is 19.9. The van der Waals surface area contributed by atoms with E-state index >= 15 is 0 Å². The SMILES string of the molecule is Cc1ccc(C(=O)Nc2cc(F)cc(CN3CCN(C(=O)OC(C)(C)C)C(C)C3)c2C)cn1.